The fourth-order valence-electron chi connectivity index (χ4n) is 1.67. The molecule has 3 nitrogen and oxygen atoms in total. The summed E-state index contributed by atoms with van der Waals surface area (Å²) >= 11 is 0. The van der Waals surface area contributed by atoms with Gasteiger partial charge in [-0.1, -0.05) is 13.8 Å². The molecule has 90 valence electrons. The van der Waals surface area contributed by atoms with Crippen molar-refractivity contribution in [1.82, 2.24) is 0 Å². The van der Waals surface area contributed by atoms with E-state index >= 15 is 0 Å². The van der Waals surface area contributed by atoms with E-state index in [4.69, 9.17) is 5.73 Å². The smallest absolute Gasteiger partial charge is 0.0504 e. The van der Waals surface area contributed by atoms with E-state index in [1.54, 1.807) is 0 Å². The van der Waals surface area contributed by atoms with Gasteiger partial charge in [0.15, 0.2) is 0 Å². The molecule has 0 aliphatic heterocycles. The zero-order valence-corrected chi connectivity index (χ0v) is 10.2. The van der Waals surface area contributed by atoms with Crippen LogP contribution in [0.5, 0.6) is 0 Å². The molecule has 0 atom stereocenters. The molecule has 0 aromatic heterocycles. The number of benzene rings is 1. The van der Waals surface area contributed by atoms with Crippen molar-refractivity contribution in [3.8, 4) is 0 Å². The van der Waals surface area contributed by atoms with Crippen LogP contribution in [0.2, 0.25) is 0 Å². The van der Waals surface area contributed by atoms with E-state index in [1.807, 2.05) is 24.3 Å². The third-order valence-electron chi connectivity index (χ3n) is 3.41. The number of aliphatic hydroxyl groups excluding tert-OH is 1. The first kappa shape index (κ1) is 12.8. The molecule has 0 spiro atoms. The van der Waals surface area contributed by atoms with E-state index in [1.165, 1.54) is 0 Å². The van der Waals surface area contributed by atoms with Crippen molar-refractivity contribution in [3.63, 3.8) is 0 Å². The molecular formula is C13H22N2O. The summed E-state index contributed by atoms with van der Waals surface area (Å²) in [6.07, 6.45) is 1.95. The lowest BCUT2D eigenvalue weighted by Gasteiger charge is -2.30. The standard InChI is InChI=1S/C13H22N2O/c1-3-13(4-2,10-16)9-15-12-7-5-11(14)6-8-12/h5-8,15-16H,3-4,9-10,14H2,1-2H3. The first-order chi connectivity index (χ1) is 7.65. The van der Waals surface area contributed by atoms with Gasteiger partial charge in [-0.25, -0.2) is 0 Å². The summed E-state index contributed by atoms with van der Waals surface area (Å²) in [5.74, 6) is 0. The van der Waals surface area contributed by atoms with Crippen LogP contribution >= 0.6 is 0 Å². The Labute approximate surface area is 97.7 Å². The highest BCUT2D eigenvalue weighted by Gasteiger charge is 2.24. The number of hydrogen-bond donors (Lipinski definition) is 3. The second kappa shape index (κ2) is 5.75. The van der Waals surface area contributed by atoms with E-state index in [0.29, 0.717) is 0 Å². The maximum Gasteiger partial charge on any atom is 0.0504 e. The average Bonchev–Trinajstić information content (AvgIpc) is 2.34. The Bertz CT molecular complexity index is 296. The van der Waals surface area contributed by atoms with Crippen LogP contribution in [-0.4, -0.2) is 18.3 Å². The number of nitrogens with one attached hydrogen (secondary N) is 1. The Kier molecular flexibility index (Phi) is 4.62. The highest BCUT2D eigenvalue weighted by atomic mass is 16.3. The minimum atomic E-state index is -0.0125. The molecule has 0 saturated carbocycles. The quantitative estimate of drug-likeness (QED) is 0.648. The summed E-state index contributed by atoms with van der Waals surface area (Å²) in [6.45, 7) is 5.25. The predicted octanol–water partition coefficient (Wildman–Crippen LogP) is 2.48. The van der Waals surface area contributed by atoms with Crippen molar-refractivity contribution < 1.29 is 5.11 Å². The summed E-state index contributed by atoms with van der Waals surface area (Å²) in [7, 11) is 0. The summed E-state index contributed by atoms with van der Waals surface area (Å²) < 4.78 is 0. The molecule has 4 N–H and O–H groups in total. The second-order valence-corrected chi connectivity index (χ2v) is 4.34. The predicted molar refractivity (Wildman–Crippen MR) is 69.4 cm³/mol. The van der Waals surface area contributed by atoms with Gasteiger partial charge in [0, 0.05) is 23.3 Å². The first-order valence-corrected chi connectivity index (χ1v) is 5.86. The summed E-state index contributed by atoms with van der Waals surface area (Å²) in [5.41, 5.74) is 7.43. The fourth-order valence-corrected chi connectivity index (χ4v) is 1.67. The van der Waals surface area contributed by atoms with Gasteiger partial charge in [-0.3, -0.25) is 0 Å². The minimum absolute atomic E-state index is 0.0125. The largest absolute Gasteiger partial charge is 0.399 e. The Balaban J connectivity index is 2.58. The molecule has 1 aromatic carbocycles. The van der Waals surface area contributed by atoms with Gasteiger partial charge in [0.2, 0.25) is 0 Å². The Morgan fingerprint density at radius 1 is 1.19 bits per heavy atom. The fraction of sp³-hybridized carbons (Fsp3) is 0.538. The third-order valence-corrected chi connectivity index (χ3v) is 3.41. The van der Waals surface area contributed by atoms with Crippen molar-refractivity contribution in [2.45, 2.75) is 26.7 Å². The SMILES string of the molecule is CCC(CC)(CO)CNc1ccc(N)cc1. The molecule has 0 aliphatic carbocycles. The summed E-state index contributed by atoms with van der Waals surface area (Å²) in [6, 6.07) is 7.67. The van der Waals surface area contributed by atoms with Crippen molar-refractivity contribution in [1.29, 1.82) is 0 Å². The van der Waals surface area contributed by atoms with Crippen LogP contribution in [0, 0.1) is 5.41 Å². The van der Waals surface area contributed by atoms with E-state index in [2.05, 4.69) is 19.2 Å². The van der Waals surface area contributed by atoms with Crippen LogP contribution in [0.4, 0.5) is 11.4 Å². The number of nitrogens with two attached hydrogens (primary N) is 1. The van der Waals surface area contributed by atoms with E-state index < -0.39 is 0 Å². The van der Waals surface area contributed by atoms with Crippen molar-refractivity contribution >= 4 is 11.4 Å². The third kappa shape index (κ3) is 3.14. The van der Waals surface area contributed by atoms with Gasteiger partial charge >= 0.3 is 0 Å². The molecule has 16 heavy (non-hydrogen) atoms. The van der Waals surface area contributed by atoms with Gasteiger partial charge < -0.3 is 16.2 Å². The van der Waals surface area contributed by atoms with Crippen molar-refractivity contribution in [3.05, 3.63) is 24.3 Å². The van der Waals surface area contributed by atoms with Crippen LogP contribution < -0.4 is 11.1 Å². The molecule has 0 aliphatic rings. The van der Waals surface area contributed by atoms with Crippen LogP contribution in [0.3, 0.4) is 0 Å². The second-order valence-electron chi connectivity index (χ2n) is 4.34. The Hall–Kier alpha value is -1.22. The number of nitrogen functional groups attached to an aromatic ring is 1. The molecule has 0 saturated heterocycles. The van der Waals surface area contributed by atoms with E-state index in [9.17, 15) is 5.11 Å². The highest BCUT2D eigenvalue weighted by Crippen LogP contribution is 2.26. The maximum atomic E-state index is 9.44. The first-order valence-electron chi connectivity index (χ1n) is 5.86. The number of aliphatic hydroxyl groups is 1. The minimum Gasteiger partial charge on any atom is -0.399 e. The monoisotopic (exact) mass is 222 g/mol. The van der Waals surface area contributed by atoms with Gasteiger partial charge in [-0.2, -0.15) is 0 Å². The van der Waals surface area contributed by atoms with Crippen molar-refractivity contribution in [2.24, 2.45) is 5.41 Å². The topological polar surface area (TPSA) is 58.3 Å². The lowest BCUT2D eigenvalue weighted by molar-refractivity contribution is 0.127. The Morgan fingerprint density at radius 3 is 2.19 bits per heavy atom. The molecule has 0 heterocycles. The van der Waals surface area contributed by atoms with Gasteiger partial charge in [0.1, 0.15) is 0 Å². The average molecular weight is 222 g/mol. The molecule has 3 heteroatoms. The van der Waals surface area contributed by atoms with Crippen LogP contribution in [0.15, 0.2) is 24.3 Å². The number of anilines is 2. The molecular weight excluding hydrogens is 200 g/mol. The molecule has 0 bridgehead atoms. The van der Waals surface area contributed by atoms with E-state index in [0.717, 1.165) is 30.8 Å². The zero-order chi connectivity index (χ0) is 12.0. The van der Waals surface area contributed by atoms with Gasteiger partial charge in [0.25, 0.3) is 0 Å². The Morgan fingerprint density at radius 2 is 1.75 bits per heavy atom. The van der Waals surface area contributed by atoms with Gasteiger partial charge in [-0.05, 0) is 37.1 Å². The number of rotatable bonds is 6. The van der Waals surface area contributed by atoms with E-state index in [-0.39, 0.29) is 12.0 Å². The molecule has 0 fully saturated rings. The van der Waals surface area contributed by atoms with Gasteiger partial charge in [0.05, 0.1) is 6.61 Å². The lowest BCUT2D eigenvalue weighted by Crippen LogP contribution is -2.32. The summed E-state index contributed by atoms with van der Waals surface area (Å²) in [5, 5.41) is 12.8. The maximum absolute atomic E-state index is 9.44. The lowest BCUT2D eigenvalue weighted by atomic mass is 9.83. The molecule has 1 aromatic rings. The molecule has 0 radical (unpaired) electrons. The normalized spacial score (nSPS) is 11.4. The summed E-state index contributed by atoms with van der Waals surface area (Å²) in [4.78, 5) is 0. The molecule has 0 amide bonds. The molecule has 1 rings (SSSR count). The van der Waals surface area contributed by atoms with Crippen molar-refractivity contribution in [2.75, 3.05) is 24.2 Å². The highest BCUT2D eigenvalue weighted by molar-refractivity contribution is 5.51. The zero-order valence-electron chi connectivity index (χ0n) is 10.2. The van der Waals surface area contributed by atoms with Crippen LogP contribution in [0.25, 0.3) is 0 Å². The van der Waals surface area contributed by atoms with Crippen LogP contribution in [0.1, 0.15) is 26.7 Å². The molecule has 0 unspecified atom stereocenters. The number of hydrogen-bond acceptors (Lipinski definition) is 3. The van der Waals surface area contributed by atoms with Gasteiger partial charge in [-0.15, -0.1) is 0 Å². The van der Waals surface area contributed by atoms with Crippen LogP contribution in [-0.2, 0) is 0 Å².